The van der Waals surface area contributed by atoms with E-state index in [0.717, 1.165) is 44.3 Å². The molecule has 0 bridgehead atoms. The first kappa shape index (κ1) is 17.2. The second-order valence-corrected chi connectivity index (χ2v) is 6.28. The van der Waals surface area contributed by atoms with Crippen LogP contribution in [0.4, 0.5) is 0 Å². The first-order chi connectivity index (χ1) is 11.7. The molecule has 1 fully saturated rings. The number of aromatic nitrogens is 2. The number of aliphatic hydroxyl groups excluding tert-OH is 1. The van der Waals surface area contributed by atoms with Crippen molar-refractivity contribution in [2.75, 3.05) is 39.3 Å². The van der Waals surface area contributed by atoms with E-state index < -0.39 is 6.10 Å². The van der Waals surface area contributed by atoms with Gasteiger partial charge in [0.05, 0.1) is 25.5 Å². The van der Waals surface area contributed by atoms with Gasteiger partial charge >= 0.3 is 0 Å². The summed E-state index contributed by atoms with van der Waals surface area (Å²) >= 11 is 0. The summed E-state index contributed by atoms with van der Waals surface area (Å²) in [6.07, 6.45) is 4.97. The van der Waals surface area contributed by atoms with E-state index in [1.165, 1.54) is 0 Å². The standard InChI is InChI=1S/C17H26N4O3/c1-19-5-4-18-17(19)12-21-8-6-20(7-9-21)11-15(22)13-23-14-16-3-2-10-24-16/h2-5,10,15,22H,6-9,11-14H2,1H3. The van der Waals surface area contributed by atoms with Crippen LogP contribution in [-0.2, 0) is 24.9 Å². The predicted octanol–water partition coefficient (Wildman–Crippen LogP) is 0.708. The molecule has 0 saturated carbocycles. The van der Waals surface area contributed by atoms with Crippen LogP contribution in [0.3, 0.4) is 0 Å². The van der Waals surface area contributed by atoms with Crippen molar-refractivity contribution in [3.8, 4) is 0 Å². The van der Waals surface area contributed by atoms with Gasteiger partial charge in [-0.15, -0.1) is 0 Å². The van der Waals surface area contributed by atoms with Gasteiger partial charge in [0.25, 0.3) is 0 Å². The number of piperazine rings is 1. The maximum absolute atomic E-state index is 10.1. The smallest absolute Gasteiger partial charge is 0.129 e. The molecular weight excluding hydrogens is 308 g/mol. The van der Waals surface area contributed by atoms with E-state index in [2.05, 4.69) is 19.4 Å². The average Bonchev–Trinajstić information content (AvgIpc) is 3.22. The Bertz CT molecular complexity index is 591. The normalized spacial score (nSPS) is 18.1. The lowest BCUT2D eigenvalue weighted by Crippen LogP contribution is -2.48. The van der Waals surface area contributed by atoms with Gasteiger partial charge in [0.2, 0.25) is 0 Å². The van der Waals surface area contributed by atoms with E-state index in [1.54, 1.807) is 6.26 Å². The zero-order chi connectivity index (χ0) is 16.8. The van der Waals surface area contributed by atoms with Crippen LogP contribution in [0.1, 0.15) is 11.6 Å². The number of nitrogens with zero attached hydrogens (tertiary/aromatic N) is 4. The van der Waals surface area contributed by atoms with Crippen LogP contribution in [0.15, 0.2) is 35.2 Å². The Morgan fingerprint density at radius 1 is 1.29 bits per heavy atom. The van der Waals surface area contributed by atoms with Gasteiger partial charge in [-0.25, -0.2) is 4.98 Å². The van der Waals surface area contributed by atoms with Crippen LogP contribution < -0.4 is 0 Å². The summed E-state index contributed by atoms with van der Waals surface area (Å²) in [6, 6.07) is 3.70. The highest BCUT2D eigenvalue weighted by Gasteiger charge is 2.20. The number of rotatable bonds is 8. The fourth-order valence-electron chi connectivity index (χ4n) is 2.92. The van der Waals surface area contributed by atoms with Gasteiger partial charge < -0.3 is 18.8 Å². The van der Waals surface area contributed by atoms with Crippen molar-refractivity contribution < 1.29 is 14.3 Å². The van der Waals surface area contributed by atoms with Crippen LogP contribution >= 0.6 is 0 Å². The topological polar surface area (TPSA) is 66.9 Å². The number of furan rings is 1. The molecule has 2 aromatic heterocycles. The Balaban J connectivity index is 1.32. The van der Waals surface area contributed by atoms with Crippen LogP contribution in [-0.4, -0.2) is 69.9 Å². The molecule has 0 aromatic carbocycles. The third-order valence-corrected chi connectivity index (χ3v) is 4.35. The minimum atomic E-state index is -0.471. The summed E-state index contributed by atoms with van der Waals surface area (Å²) in [4.78, 5) is 9.06. The van der Waals surface area contributed by atoms with Gasteiger partial charge in [-0.2, -0.15) is 0 Å². The van der Waals surface area contributed by atoms with E-state index in [0.29, 0.717) is 19.8 Å². The molecule has 3 rings (SSSR count). The Morgan fingerprint density at radius 2 is 2.08 bits per heavy atom. The molecule has 7 nitrogen and oxygen atoms in total. The second kappa shape index (κ2) is 8.43. The van der Waals surface area contributed by atoms with E-state index >= 15 is 0 Å². The van der Waals surface area contributed by atoms with Gasteiger partial charge in [0.1, 0.15) is 18.2 Å². The van der Waals surface area contributed by atoms with Gasteiger partial charge in [0.15, 0.2) is 0 Å². The molecule has 3 heterocycles. The summed E-state index contributed by atoms with van der Waals surface area (Å²) in [7, 11) is 2.03. The largest absolute Gasteiger partial charge is 0.467 e. The number of ether oxygens (including phenoxy) is 1. The number of aryl methyl sites for hydroxylation is 1. The van der Waals surface area contributed by atoms with Crippen molar-refractivity contribution in [2.45, 2.75) is 19.3 Å². The third kappa shape index (κ3) is 4.91. The van der Waals surface area contributed by atoms with E-state index in [4.69, 9.17) is 9.15 Å². The maximum Gasteiger partial charge on any atom is 0.129 e. The molecule has 1 aliphatic heterocycles. The van der Waals surface area contributed by atoms with Crippen LogP contribution in [0.25, 0.3) is 0 Å². The van der Waals surface area contributed by atoms with Gasteiger partial charge in [-0.1, -0.05) is 0 Å². The molecule has 1 unspecified atom stereocenters. The van der Waals surface area contributed by atoms with Crippen molar-refractivity contribution in [3.05, 3.63) is 42.4 Å². The molecular formula is C17H26N4O3. The van der Waals surface area contributed by atoms with Crippen molar-refractivity contribution in [3.63, 3.8) is 0 Å². The lowest BCUT2D eigenvalue weighted by molar-refractivity contribution is -0.00326. The zero-order valence-electron chi connectivity index (χ0n) is 14.2. The van der Waals surface area contributed by atoms with Crippen molar-refractivity contribution >= 4 is 0 Å². The SMILES string of the molecule is Cn1ccnc1CN1CCN(CC(O)COCc2ccco2)CC1. The zero-order valence-corrected chi connectivity index (χ0v) is 14.2. The Labute approximate surface area is 142 Å². The summed E-state index contributed by atoms with van der Waals surface area (Å²) in [5.74, 6) is 1.87. The molecule has 1 atom stereocenters. The monoisotopic (exact) mass is 334 g/mol. The predicted molar refractivity (Wildman–Crippen MR) is 89.3 cm³/mol. The van der Waals surface area contributed by atoms with Gasteiger partial charge in [-0.3, -0.25) is 9.80 Å². The molecule has 1 N–H and O–H groups in total. The Morgan fingerprint density at radius 3 is 2.75 bits per heavy atom. The van der Waals surface area contributed by atoms with Crippen molar-refractivity contribution in [1.82, 2.24) is 19.4 Å². The number of imidazole rings is 1. The second-order valence-electron chi connectivity index (χ2n) is 6.28. The maximum atomic E-state index is 10.1. The molecule has 2 aromatic rings. The molecule has 1 saturated heterocycles. The molecule has 1 aliphatic rings. The van der Waals surface area contributed by atoms with E-state index in [9.17, 15) is 5.11 Å². The summed E-state index contributed by atoms with van der Waals surface area (Å²) in [5, 5.41) is 10.1. The fraction of sp³-hybridized carbons (Fsp3) is 0.588. The molecule has 0 radical (unpaired) electrons. The van der Waals surface area contributed by atoms with Crippen molar-refractivity contribution in [1.29, 1.82) is 0 Å². The lowest BCUT2D eigenvalue weighted by Gasteiger charge is -2.35. The van der Waals surface area contributed by atoms with E-state index in [-0.39, 0.29) is 0 Å². The first-order valence-corrected chi connectivity index (χ1v) is 8.40. The number of aliphatic hydroxyl groups is 1. The summed E-state index contributed by atoms with van der Waals surface area (Å²) in [5.41, 5.74) is 0. The Hall–Kier alpha value is -1.67. The van der Waals surface area contributed by atoms with Crippen molar-refractivity contribution in [2.24, 2.45) is 7.05 Å². The average molecular weight is 334 g/mol. The highest BCUT2D eigenvalue weighted by atomic mass is 16.5. The van der Waals surface area contributed by atoms with E-state index in [1.807, 2.05) is 31.6 Å². The molecule has 0 aliphatic carbocycles. The highest BCUT2D eigenvalue weighted by Crippen LogP contribution is 2.08. The number of hydrogen-bond acceptors (Lipinski definition) is 6. The Kier molecular flexibility index (Phi) is 6.03. The molecule has 0 spiro atoms. The number of hydrogen-bond donors (Lipinski definition) is 1. The fourth-order valence-corrected chi connectivity index (χ4v) is 2.92. The third-order valence-electron chi connectivity index (χ3n) is 4.35. The minimum Gasteiger partial charge on any atom is -0.467 e. The highest BCUT2D eigenvalue weighted by molar-refractivity contribution is 4.96. The van der Waals surface area contributed by atoms with Crippen LogP contribution in [0.2, 0.25) is 0 Å². The minimum absolute atomic E-state index is 0.328. The summed E-state index contributed by atoms with van der Waals surface area (Å²) < 4.78 is 12.8. The van der Waals surface area contributed by atoms with Gasteiger partial charge in [0, 0.05) is 52.2 Å². The molecule has 132 valence electrons. The quantitative estimate of drug-likeness (QED) is 0.767. The van der Waals surface area contributed by atoms with Crippen LogP contribution in [0, 0.1) is 0 Å². The van der Waals surface area contributed by atoms with Gasteiger partial charge in [-0.05, 0) is 12.1 Å². The molecule has 7 heteroatoms. The lowest BCUT2D eigenvalue weighted by atomic mass is 10.2. The number of β-amino-alcohol motifs (C(OH)–C–C–N with tert-alkyl or cyclic N) is 1. The summed E-state index contributed by atoms with van der Waals surface area (Å²) in [6.45, 7) is 6.16. The first-order valence-electron chi connectivity index (χ1n) is 8.40. The molecule has 0 amide bonds. The van der Waals surface area contributed by atoms with Crippen LogP contribution in [0.5, 0.6) is 0 Å². The molecule has 24 heavy (non-hydrogen) atoms.